The maximum absolute atomic E-state index is 12.5. The van der Waals surface area contributed by atoms with Gasteiger partial charge in [-0.15, -0.1) is 0 Å². The Morgan fingerprint density at radius 1 is 0.938 bits per heavy atom. The lowest BCUT2D eigenvalue weighted by Crippen LogP contribution is -2.27. The molecule has 0 aliphatic heterocycles. The summed E-state index contributed by atoms with van der Waals surface area (Å²) < 4.78 is 10.3. The van der Waals surface area contributed by atoms with Crippen LogP contribution < -0.4 is 15.4 Å². The van der Waals surface area contributed by atoms with Gasteiger partial charge in [0.25, 0.3) is 11.8 Å². The Bertz CT molecular complexity index is 1090. The third-order valence-electron chi connectivity index (χ3n) is 4.36. The molecule has 166 valence electrons. The highest BCUT2D eigenvalue weighted by Crippen LogP contribution is 2.25. The largest absolute Gasteiger partial charge is 0.501 e. The molecular formula is C22H22N4O6. The predicted molar refractivity (Wildman–Crippen MR) is 113 cm³/mol. The molecule has 0 saturated heterocycles. The molecule has 0 radical (unpaired) electrons. The summed E-state index contributed by atoms with van der Waals surface area (Å²) in [6.07, 6.45) is -0.729. The van der Waals surface area contributed by atoms with E-state index in [2.05, 4.69) is 20.6 Å². The van der Waals surface area contributed by atoms with Crippen LogP contribution in [-0.4, -0.2) is 39.3 Å². The second-order valence-corrected chi connectivity index (χ2v) is 6.57. The van der Waals surface area contributed by atoms with Gasteiger partial charge in [0.05, 0.1) is 13.7 Å². The monoisotopic (exact) mass is 438 g/mol. The summed E-state index contributed by atoms with van der Waals surface area (Å²) >= 11 is 0. The van der Waals surface area contributed by atoms with Crippen molar-refractivity contribution < 1.29 is 29.3 Å². The summed E-state index contributed by atoms with van der Waals surface area (Å²) in [4.78, 5) is 32.0. The summed E-state index contributed by atoms with van der Waals surface area (Å²) in [6, 6.07) is 16.2. The van der Waals surface area contributed by atoms with Crippen LogP contribution in [0.4, 0.5) is 4.79 Å². The molecule has 1 aromatic heterocycles. The Morgan fingerprint density at radius 2 is 1.66 bits per heavy atom. The van der Waals surface area contributed by atoms with E-state index in [1.807, 2.05) is 30.3 Å². The number of methoxy groups -OCH3 is 1. The summed E-state index contributed by atoms with van der Waals surface area (Å²) in [5.41, 5.74) is 1.10. The number of rotatable bonds is 8. The van der Waals surface area contributed by atoms with E-state index in [4.69, 9.17) is 9.47 Å². The molecule has 3 aromatic rings. The zero-order chi connectivity index (χ0) is 22.9. The van der Waals surface area contributed by atoms with E-state index in [1.54, 1.807) is 24.3 Å². The average molecular weight is 438 g/mol. The number of hydrogen-bond donors (Lipinski definition) is 4. The molecule has 0 atom stereocenters. The van der Waals surface area contributed by atoms with Crippen molar-refractivity contribution in [3.63, 3.8) is 0 Å². The number of benzene rings is 2. The highest BCUT2D eigenvalue weighted by molar-refractivity contribution is 5.95. The van der Waals surface area contributed by atoms with Crippen molar-refractivity contribution >= 4 is 12.0 Å². The lowest BCUT2D eigenvalue weighted by molar-refractivity contribution is 0.0941. The molecule has 0 bridgehead atoms. The fourth-order valence-corrected chi connectivity index (χ4v) is 2.76. The number of ether oxygens (including phenoxy) is 2. The molecule has 0 spiro atoms. The van der Waals surface area contributed by atoms with Crippen molar-refractivity contribution in [2.45, 2.75) is 19.7 Å². The summed E-state index contributed by atoms with van der Waals surface area (Å²) in [5.74, 6) is -1.78. The van der Waals surface area contributed by atoms with Gasteiger partial charge in [0.1, 0.15) is 12.4 Å². The molecule has 0 fully saturated rings. The number of carbonyl (C=O) groups excluding carboxylic acids is 2. The first kappa shape index (κ1) is 22.3. The first-order valence-corrected chi connectivity index (χ1v) is 9.61. The summed E-state index contributed by atoms with van der Waals surface area (Å²) in [6.45, 7) is -0.0499. The minimum absolute atomic E-state index is 0.0744. The van der Waals surface area contributed by atoms with Crippen LogP contribution >= 0.6 is 0 Å². The van der Waals surface area contributed by atoms with Crippen LogP contribution in [0.1, 0.15) is 27.4 Å². The van der Waals surface area contributed by atoms with Crippen molar-refractivity contribution in [3.05, 3.63) is 77.2 Å². The summed E-state index contributed by atoms with van der Waals surface area (Å²) in [5, 5.41) is 24.9. The highest BCUT2D eigenvalue weighted by Gasteiger charge is 2.20. The topological polar surface area (TPSA) is 143 Å². The fourth-order valence-electron chi connectivity index (χ4n) is 2.76. The number of nitrogens with one attached hydrogen (secondary N) is 2. The smallest absolute Gasteiger partial charge is 0.407 e. The Labute approximate surface area is 183 Å². The maximum Gasteiger partial charge on any atom is 0.407 e. The van der Waals surface area contributed by atoms with Crippen molar-refractivity contribution in [2.75, 3.05) is 7.11 Å². The zero-order valence-electron chi connectivity index (χ0n) is 17.2. The van der Waals surface area contributed by atoms with Crippen LogP contribution in [0.5, 0.6) is 17.4 Å². The molecule has 10 heteroatoms. The second-order valence-electron chi connectivity index (χ2n) is 6.57. The Kier molecular flexibility index (Phi) is 7.42. The van der Waals surface area contributed by atoms with E-state index in [1.165, 1.54) is 7.11 Å². The Balaban J connectivity index is 1.60. The fraction of sp³-hybridized carbons (Fsp3) is 0.182. The minimum atomic E-state index is -0.781. The Morgan fingerprint density at radius 3 is 2.41 bits per heavy atom. The third kappa shape index (κ3) is 5.85. The van der Waals surface area contributed by atoms with Crippen LogP contribution in [0.2, 0.25) is 0 Å². The van der Waals surface area contributed by atoms with E-state index < -0.39 is 29.3 Å². The maximum atomic E-state index is 12.5. The quantitative estimate of drug-likeness (QED) is 0.419. The molecule has 3 rings (SSSR count). The van der Waals surface area contributed by atoms with Crippen LogP contribution in [-0.2, 0) is 24.4 Å². The van der Waals surface area contributed by atoms with Gasteiger partial charge in [-0.3, -0.25) is 4.79 Å². The molecule has 0 aliphatic rings. The van der Waals surface area contributed by atoms with Crippen molar-refractivity contribution in [3.8, 4) is 17.4 Å². The van der Waals surface area contributed by atoms with Gasteiger partial charge >= 0.3 is 6.09 Å². The lowest BCUT2D eigenvalue weighted by Gasteiger charge is -2.11. The number of aromatic nitrogens is 2. The van der Waals surface area contributed by atoms with E-state index in [9.17, 15) is 19.8 Å². The van der Waals surface area contributed by atoms with Gasteiger partial charge < -0.3 is 30.3 Å². The van der Waals surface area contributed by atoms with Gasteiger partial charge in [0, 0.05) is 12.1 Å². The average Bonchev–Trinajstić information content (AvgIpc) is 2.82. The van der Waals surface area contributed by atoms with Gasteiger partial charge in [-0.05, 0) is 11.6 Å². The Hall–Kier alpha value is -4.34. The molecule has 10 nitrogen and oxygen atoms in total. The van der Waals surface area contributed by atoms with Gasteiger partial charge in [-0.2, -0.15) is 4.98 Å². The molecular weight excluding hydrogens is 416 g/mol. The van der Waals surface area contributed by atoms with Crippen molar-refractivity contribution in [2.24, 2.45) is 0 Å². The van der Waals surface area contributed by atoms with Crippen LogP contribution in [0.15, 0.2) is 54.6 Å². The van der Waals surface area contributed by atoms with Gasteiger partial charge in [0.2, 0.25) is 5.75 Å². The van der Waals surface area contributed by atoms with Crippen molar-refractivity contribution in [1.82, 2.24) is 20.6 Å². The highest BCUT2D eigenvalue weighted by atomic mass is 16.5. The number of hydrogen-bond acceptors (Lipinski definition) is 8. The molecule has 0 unspecified atom stereocenters. The van der Waals surface area contributed by atoms with E-state index >= 15 is 0 Å². The normalized spacial score (nSPS) is 10.3. The number of aromatic hydroxyl groups is 2. The SMILES string of the molecule is COc1ccccc1CNC(=O)c1nc(CNC(=O)OCc2ccccc2)nc(O)c1O. The first-order valence-electron chi connectivity index (χ1n) is 9.61. The minimum Gasteiger partial charge on any atom is -0.501 e. The summed E-state index contributed by atoms with van der Waals surface area (Å²) in [7, 11) is 1.51. The number of nitrogens with zero attached hydrogens (tertiary/aromatic N) is 2. The molecule has 32 heavy (non-hydrogen) atoms. The van der Waals surface area contributed by atoms with Gasteiger partial charge in [-0.1, -0.05) is 48.5 Å². The lowest BCUT2D eigenvalue weighted by atomic mass is 10.2. The number of alkyl carbamates (subject to hydrolysis) is 1. The zero-order valence-corrected chi connectivity index (χ0v) is 17.2. The number of carbonyl (C=O) groups is 2. The molecule has 2 aromatic carbocycles. The van der Waals surface area contributed by atoms with E-state index in [0.29, 0.717) is 11.3 Å². The number of amides is 2. The third-order valence-corrected chi connectivity index (χ3v) is 4.36. The molecule has 1 heterocycles. The van der Waals surface area contributed by atoms with Crippen LogP contribution in [0.25, 0.3) is 0 Å². The predicted octanol–water partition coefficient (Wildman–Crippen LogP) is 2.25. The molecule has 2 amide bonds. The standard InChI is InChI=1S/C22H22N4O6/c1-31-16-10-6-5-9-15(16)11-23-20(28)18-19(27)21(29)26-17(25-18)12-24-22(30)32-13-14-7-3-2-4-8-14/h2-10,27H,11-13H2,1H3,(H,23,28)(H,24,30)(H,25,26,29). The first-order chi connectivity index (χ1) is 15.5. The van der Waals surface area contributed by atoms with E-state index in [-0.39, 0.29) is 25.5 Å². The van der Waals surface area contributed by atoms with Crippen LogP contribution in [0, 0.1) is 0 Å². The van der Waals surface area contributed by atoms with Gasteiger partial charge in [-0.25, -0.2) is 9.78 Å². The molecule has 0 saturated carbocycles. The molecule has 0 aliphatic carbocycles. The van der Waals surface area contributed by atoms with E-state index in [0.717, 1.165) is 5.56 Å². The van der Waals surface area contributed by atoms with Crippen LogP contribution in [0.3, 0.4) is 0 Å². The number of para-hydroxylation sites is 1. The van der Waals surface area contributed by atoms with Gasteiger partial charge in [0.15, 0.2) is 11.5 Å². The second kappa shape index (κ2) is 10.6. The van der Waals surface area contributed by atoms with Crippen molar-refractivity contribution in [1.29, 1.82) is 0 Å². The molecule has 4 N–H and O–H groups in total.